The number of phenolic OH excluding ortho intramolecular Hbond substituents is 1. The summed E-state index contributed by atoms with van der Waals surface area (Å²) in [5.74, 6) is 0.0642. The maximum Gasteiger partial charge on any atom is 0.245 e. The van der Waals surface area contributed by atoms with Gasteiger partial charge in [-0.05, 0) is 35.4 Å². The zero-order valence-corrected chi connectivity index (χ0v) is 19.9. The number of nitrogens with one attached hydrogen (secondary N) is 1. The van der Waals surface area contributed by atoms with E-state index in [4.69, 9.17) is 0 Å². The Kier molecular flexibility index (Phi) is 7.88. The predicted molar refractivity (Wildman–Crippen MR) is 132 cm³/mol. The summed E-state index contributed by atoms with van der Waals surface area (Å²) < 4.78 is 16.0. The first-order valence-electron chi connectivity index (χ1n) is 10.3. The van der Waals surface area contributed by atoms with Gasteiger partial charge in [0.1, 0.15) is 17.0 Å². The van der Waals surface area contributed by atoms with Crippen LogP contribution in [0.25, 0.3) is 33.3 Å². The molecule has 2 aromatic heterocycles. The van der Waals surface area contributed by atoms with E-state index < -0.39 is 5.82 Å². The lowest BCUT2D eigenvalue weighted by molar-refractivity contribution is 0.235. The molecule has 34 heavy (non-hydrogen) atoms. The fourth-order valence-corrected chi connectivity index (χ4v) is 3.97. The average Bonchev–Trinajstić information content (AvgIpc) is 3.20. The molecule has 1 saturated heterocycles. The Hall–Kier alpha value is -3.05. The van der Waals surface area contributed by atoms with E-state index in [-0.39, 0.29) is 43.2 Å². The van der Waals surface area contributed by atoms with Crippen molar-refractivity contribution < 1.29 is 14.6 Å². The summed E-state index contributed by atoms with van der Waals surface area (Å²) in [5.41, 5.74) is 2.54. The first-order chi connectivity index (χ1) is 15.5. The number of aryl methyl sites for hydroxylation is 1. The summed E-state index contributed by atoms with van der Waals surface area (Å²) in [4.78, 5) is 6.35. The van der Waals surface area contributed by atoms with Crippen LogP contribution in [0.4, 0.5) is 10.3 Å². The van der Waals surface area contributed by atoms with Gasteiger partial charge >= 0.3 is 0 Å². The zero-order chi connectivity index (χ0) is 22.2. The van der Waals surface area contributed by atoms with Crippen LogP contribution in [0.15, 0.2) is 42.7 Å². The molecule has 2 aromatic carbocycles. The monoisotopic (exact) mass is 507 g/mol. The van der Waals surface area contributed by atoms with Crippen LogP contribution in [0.1, 0.15) is 0 Å². The molecular formula is C22H24Cl2FN7O2. The summed E-state index contributed by atoms with van der Waals surface area (Å²) in [6, 6.07) is 8.30. The zero-order valence-electron chi connectivity index (χ0n) is 18.2. The first-order valence-corrected chi connectivity index (χ1v) is 10.3. The second-order valence-corrected chi connectivity index (χ2v) is 7.85. The van der Waals surface area contributed by atoms with Crippen LogP contribution in [0.5, 0.6) is 5.75 Å². The van der Waals surface area contributed by atoms with E-state index in [9.17, 15) is 14.6 Å². The van der Waals surface area contributed by atoms with Crippen molar-refractivity contribution in [2.45, 2.75) is 6.04 Å². The van der Waals surface area contributed by atoms with Crippen molar-refractivity contribution in [3.8, 4) is 28.1 Å². The molecule has 1 unspecified atom stereocenters. The summed E-state index contributed by atoms with van der Waals surface area (Å²) in [5, 5.41) is 36.4. The molecule has 0 saturated carbocycles. The fraction of sp³-hybridized carbons (Fsp3) is 0.273. The highest BCUT2D eigenvalue weighted by Gasteiger charge is 2.21. The fourth-order valence-electron chi connectivity index (χ4n) is 3.97. The van der Waals surface area contributed by atoms with Crippen LogP contribution in [0.2, 0.25) is 0 Å². The number of rotatable bonds is 4. The molecule has 1 fully saturated rings. The van der Waals surface area contributed by atoms with Crippen molar-refractivity contribution in [1.82, 2.24) is 30.3 Å². The lowest BCUT2D eigenvalue weighted by atomic mass is 10.0. The standard InChI is InChI=1S/C22H22FN7O2.2ClH/c1-29-10-15-6-14(7-18(23)21(15)28-29)13-2-3-17(20(32)8-13)19-9-25-22(27-26-19)30-5-4-24-16(11-30)12-31;;/h2-3,6-10,16,24,31-32H,4-5,11-12H2,1H3;2*1H. The average molecular weight is 508 g/mol. The first kappa shape index (κ1) is 25.6. The van der Waals surface area contributed by atoms with E-state index in [1.165, 1.54) is 6.07 Å². The van der Waals surface area contributed by atoms with Gasteiger partial charge in [-0.25, -0.2) is 9.37 Å². The summed E-state index contributed by atoms with van der Waals surface area (Å²) in [6.45, 7) is 2.08. The molecule has 0 aliphatic carbocycles. The number of aliphatic hydroxyl groups is 1. The molecule has 3 N–H and O–H groups in total. The lowest BCUT2D eigenvalue weighted by Crippen LogP contribution is -2.52. The molecular weight excluding hydrogens is 484 g/mol. The number of aliphatic hydroxyl groups excluding tert-OH is 1. The van der Waals surface area contributed by atoms with E-state index in [1.54, 1.807) is 42.3 Å². The third-order valence-electron chi connectivity index (χ3n) is 5.59. The van der Waals surface area contributed by atoms with Crippen LogP contribution in [-0.2, 0) is 7.05 Å². The van der Waals surface area contributed by atoms with E-state index in [0.29, 0.717) is 45.8 Å². The topological polar surface area (TPSA) is 112 Å². The Balaban J connectivity index is 0.00000162. The minimum absolute atomic E-state index is 0. The third kappa shape index (κ3) is 4.90. The van der Waals surface area contributed by atoms with Crippen LogP contribution in [0.3, 0.4) is 0 Å². The second-order valence-electron chi connectivity index (χ2n) is 7.85. The minimum Gasteiger partial charge on any atom is -0.507 e. The molecule has 0 amide bonds. The van der Waals surface area contributed by atoms with Crippen LogP contribution in [-0.4, -0.2) is 67.5 Å². The van der Waals surface area contributed by atoms with E-state index in [2.05, 4.69) is 25.6 Å². The SMILES string of the molecule is Cl.Cl.Cn1cc2cc(-c3ccc(-c4cnc(N5CCNC(CO)C5)nn4)c(O)c3)cc(F)c2n1. The number of halogens is 3. The molecule has 1 aliphatic rings. The number of benzene rings is 2. The van der Waals surface area contributed by atoms with Crippen molar-refractivity contribution in [1.29, 1.82) is 0 Å². The summed E-state index contributed by atoms with van der Waals surface area (Å²) in [7, 11) is 1.74. The maximum atomic E-state index is 14.4. The molecule has 0 spiro atoms. The molecule has 180 valence electrons. The Morgan fingerprint density at radius 3 is 2.68 bits per heavy atom. The molecule has 0 radical (unpaired) electrons. The third-order valence-corrected chi connectivity index (χ3v) is 5.59. The Labute approximate surface area is 207 Å². The van der Waals surface area contributed by atoms with Crippen molar-refractivity contribution >= 4 is 41.7 Å². The van der Waals surface area contributed by atoms with Crippen molar-refractivity contribution in [2.75, 3.05) is 31.1 Å². The van der Waals surface area contributed by atoms with Crippen molar-refractivity contribution in [3.63, 3.8) is 0 Å². The van der Waals surface area contributed by atoms with Crippen LogP contribution >= 0.6 is 24.8 Å². The molecule has 3 heterocycles. The number of hydrogen-bond donors (Lipinski definition) is 3. The normalized spacial score (nSPS) is 15.6. The Bertz CT molecular complexity index is 1290. The van der Waals surface area contributed by atoms with Gasteiger partial charge in [-0.15, -0.1) is 35.0 Å². The van der Waals surface area contributed by atoms with Gasteiger partial charge in [-0.2, -0.15) is 5.10 Å². The van der Waals surface area contributed by atoms with Gasteiger partial charge in [-0.1, -0.05) is 6.07 Å². The minimum atomic E-state index is -0.413. The van der Waals surface area contributed by atoms with Gasteiger partial charge in [-0.3, -0.25) is 4.68 Å². The maximum absolute atomic E-state index is 14.4. The van der Waals surface area contributed by atoms with Gasteiger partial charge in [0, 0.05) is 49.9 Å². The Morgan fingerprint density at radius 2 is 1.97 bits per heavy atom. The number of nitrogens with zero attached hydrogens (tertiary/aromatic N) is 6. The highest BCUT2D eigenvalue weighted by molar-refractivity contribution is 5.86. The number of hydrogen-bond acceptors (Lipinski definition) is 8. The van der Waals surface area contributed by atoms with Crippen molar-refractivity contribution in [3.05, 3.63) is 48.5 Å². The largest absolute Gasteiger partial charge is 0.507 e. The number of phenols is 1. The molecule has 12 heteroatoms. The number of anilines is 1. The summed E-state index contributed by atoms with van der Waals surface area (Å²) in [6.07, 6.45) is 3.31. The highest BCUT2D eigenvalue weighted by atomic mass is 35.5. The number of aromatic hydroxyl groups is 1. The van der Waals surface area contributed by atoms with Gasteiger partial charge < -0.3 is 20.4 Å². The molecule has 5 rings (SSSR count). The van der Waals surface area contributed by atoms with E-state index in [0.717, 1.165) is 13.1 Å². The molecule has 9 nitrogen and oxygen atoms in total. The van der Waals surface area contributed by atoms with E-state index >= 15 is 0 Å². The molecule has 1 atom stereocenters. The van der Waals surface area contributed by atoms with Crippen LogP contribution < -0.4 is 10.2 Å². The lowest BCUT2D eigenvalue weighted by Gasteiger charge is -2.32. The summed E-state index contributed by atoms with van der Waals surface area (Å²) >= 11 is 0. The van der Waals surface area contributed by atoms with Gasteiger partial charge in [0.05, 0.1) is 12.8 Å². The molecule has 1 aliphatic heterocycles. The number of piperazine rings is 1. The van der Waals surface area contributed by atoms with Gasteiger partial charge in [0.2, 0.25) is 5.95 Å². The highest BCUT2D eigenvalue weighted by Crippen LogP contribution is 2.34. The second kappa shape index (κ2) is 10.5. The molecule has 4 aromatic rings. The smallest absolute Gasteiger partial charge is 0.245 e. The van der Waals surface area contributed by atoms with E-state index in [1.807, 2.05) is 11.0 Å². The van der Waals surface area contributed by atoms with Crippen molar-refractivity contribution in [2.24, 2.45) is 7.05 Å². The van der Waals surface area contributed by atoms with Gasteiger partial charge in [0.15, 0.2) is 5.82 Å². The number of fused-ring (bicyclic) bond motifs is 1. The van der Waals surface area contributed by atoms with Crippen LogP contribution in [0, 0.1) is 5.82 Å². The predicted octanol–water partition coefficient (Wildman–Crippen LogP) is 2.55. The molecule has 0 bridgehead atoms. The Morgan fingerprint density at radius 1 is 1.15 bits per heavy atom. The quantitative estimate of drug-likeness (QED) is 0.386. The number of aromatic nitrogens is 5. The van der Waals surface area contributed by atoms with Gasteiger partial charge in [0.25, 0.3) is 0 Å².